The number of nitrogens with zero attached hydrogens (tertiary/aromatic N) is 3. The normalized spacial score (nSPS) is 17.4. The van der Waals surface area contributed by atoms with Crippen molar-refractivity contribution in [3.05, 3.63) is 33.3 Å². The van der Waals surface area contributed by atoms with Crippen molar-refractivity contribution < 1.29 is 9.59 Å². The Labute approximate surface area is 152 Å². The van der Waals surface area contributed by atoms with Crippen molar-refractivity contribution in [3.8, 4) is 0 Å². The van der Waals surface area contributed by atoms with E-state index in [1.165, 1.54) is 11.3 Å². The quantitative estimate of drug-likeness (QED) is 0.876. The molecule has 1 aromatic heterocycles. The van der Waals surface area contributed by atoms with Gasteiger partial charge in [-0.3, -0.25) is 9.59 Å². The van der Waals surface area contributed by atoms with Gasteiger partial charge >= 0.3 is 0 Å². The van der Waals surface area contributed by atoms with Crippen LogP contribution in [-0.2, 0) is 16.0 Å². The first kappa shape index (κ1) is 17.1. The molecule has 2 aromatic rings. The zero-order valence-corrected chi connectivity index (χ0v) is 15.1. The molecule has 0 unspecified atom stereocenters. The molecule has 3 rings (SSSR count). The average molecular weight is 385 g/mol. The summed E-state index contributed by atoms with van der Waals surface area (Å²) in [5.41, 5.74) is 0.633. The van der Waals surface area contributed by atoms with E-state index in [-0.39, 0.29) is 18.2 Å². The van der Waals surface area contributed by atoms with E-state index in [0.29, 0.717) is 27.4 Å². The Balaban J connectivity index is 1.69. The minimum atomic E-state index is -0.444. The van der Waals surface area contributed by atoms with Gasteiger partial charge in [0.1, 0.15) is 5.01 Å². The van der Waals surface area contributed by atoms with Crippen LogP contribution in [0.1, 0.15) is 18.4 Å². The minimum absolute atomic E-state index is 0.125. The fourth-order valence-corrected chi connectivity index (χ4v) is 3.41. The molecule has 1 aliphatic rings. The van der Waals surface area contributed by atoms with Crippen LogP contribution in [0.15, 0.2) is 18.2 Å². The monoisotopic (exact) mass is 384 g/mol. The van der Waals surface area contributed by atoms with Crippen LogP contribution in [-0.4, -0.2) is 28.6 Å². The smallest absolute Gasteiger partial charge is 0.231 e. The van der Waals surface area contributed by atoms with Gasteiger partial charge in [0.05, 0.1) is 16.0 Å². The molecule has 1 fully saturated rings. The molecular formula is C15H14Cl2N4O2S. The molecule has 0 bridgehead atoms. The van der Waals surface area contributed by atoms with Gasteiger partial charge in [0.2, 0.25) is 16.9 Å². The van der Waals surface area contributed by atoms with Crippen molar-refractivity contribution in [2.75, 3.05) is 16.8 Å². The summed E-state index contributed by atoms with van der Waals surface area (Å²) in [6, 6.07) is 4.97. The number of nitrogens with one attached hydrogen (secondary N) is 1. The predicted molar refractivity (Wildman–Crippen MR) is 94.8 cm³/mol. The SMILES string of the molecule is CCc1nnc(NC(=O)[C@H]2CC(=O)N(c3ccc(Cl)c(Cl)c3)C2)s1. The molecule has 24 heavy (non-hydrogen) atoms. The van der Waals surface area contributed by atoms with Crippen LogP contribution in [0.5, 0.6) is 0 Å². The number of anilines is 2. The molecule has 0 radical (unpaired) electrons. The Morgan fingerprint density at radius 2 is 2.17 bits per heavy atom. The summed E-state index contributed by atoms with van der Waals surface area (Å²) in [4.78, 5) is 26.1. The summed E-state index contributed by atoms with van der Waals surface area (Å²) in [6.07, 6.45) is 0.909. The Morgan fingerprint density at radius 3 is 2.83 bits per heavy atom. The van der Waals surface area contributed by atoms with E-state index in [1.807, 2.05) is 6.92 Å². The fourth-order valence-electron chi connectivity index (χ4n) is 2.44. The van der Waals surface area contributed by atoms with Gasteiger partial charge in [0.15, 0.2) is 0 Å². The van der Waals surface area contributed by atoms with E-state index in [1.54, 1.807) is 23.1 Å². The lowest BCUT2D eigenvalue weighted by molar-refractivity contribution is -0.122. The van der Waals surface area contributed by atoms with Crippen LogP contribution in [0.4, 0.5) is 10.8 Å². The summed E-state index contributed by atoms with van der Waals surface area (Å²) >= 11 is 13.2. The summed E-state index contributed by atoms with van der Waals surface area (Å²) in [7, 11) is 0. The number of halogens is 2. The zero-order valence-electron chi connectivity index (χ0n) is 12.8. The van der Waals surface area contributed by atoms with Crippen LogP contribution < -0.4 is 10.2 Å². The van der Waals surface area contributed by atoms with E-state index < -0.39 is 5.92 Å². The highest BCUT2D eigenvalue weighted by Crippen LogP contribution is 2.31. The number of hydrogen-bond donors (Lipinski definition) is 1. The molecule has 0 aliphatic carbocycles. The van der Waals surface area contributed by atoms with Crippen LogP contribution in [0.3, 0.4) is 0 Å². The standard InChI is InChI=1S/C15H14Cl2N4O2S/c1-2-12-19-20-15(24-12)18-14(23)8-5-13(22)21(7-8)9-3-4-10(16)11(17)6-9/h3-4,6,8H,2,5,7H2,1H3,(H,18,20,23)/t8-/m0/s1. The minimum Gasteiger partial charge on any atom is -0.312 e. The molecule has 9 heteroatoms. The van der Waals surface area contributed by atoms with E-state index in [2.05, 4.69) is 15.5 Å². The van der Waals surface area contributed by atoms with Gasteiger partial charge in [0.25, 0.3) is 0 Å². The molecule has 1 saturated heterocycles. The number of amides is 2. The second kappa shape index (κ2) is 7.04. The molecule has 6 nitrogen and oxygen atoms in total. The average Bonchev–Trinajstić information content (AvgIpc) is 3.16. The molecule has 126 valence electrons. The number of carbonyl (C=O) groups excluding carboxylic acids is 2. The Hall–Kier alpha value is -1.70. The Bertz CT molecular complexity index is 796. The number of aromatic nitrogens is 2. The lowest BCUT2D eigenvalue weighted by Crippen LogP contribution is -2.28. The van der Waals surface area contributed by atoms with E-state index >= 15 is 0 Å². The van der Waals surface area contributed by atoms with E-state index in [4.69, 9.17) is 23.2 Å². The van der Waals surface area contributed by atoms with Crippen molar-refractivity contribution in [2.45, 2.75) is 19.8 Å². The van der Waals surface area contributed by atoms with Gasteiger partial charge in [-0.05, 0) is 24.6 Å². The van der Waals surface area contributed by atoms with Crippen LogP contribution in [0, 0.1) is 5.92 Å². The second-order valence-electron chi connectivity index (χ2n) is 5.35. The summed E-state index contributed by atoms with van der Waals surface area (Å²) in [5.74, 6) is -0.800. The highest BCUT2D eigenvalue weighted by molar-refractivity contribution is 7.15. The fraction of sp³-hybridized carbons (Fsp3) is 0.333. The van der Waals surface area contributed by atoms with Crippen molar-refractivity contribution in [3.63, 3.8) is 0 Å². The largest absolute Gasteiger partial charge is 0.312 e. The predicted octanol–water partition coefficient (Wildman–Crippen LogP) is 3.40. The maximum atomic E-state index is 12.4. The van der Waals surface area contributed by atoms with Crippen molar-refractivity contribution in [1.82, 2.24) is 10.2 Å². The first-order valence-electron chi connectivity index (χ1n) is 7.36. The van der Waals surface area contributed by atoms with Gasteiger partial charge in [0, 0.05) is 18.7 Å². The zero-order chi connectivity index (χ0) is 17.3. The van der Waals surface area contributed by atoms with Crippen LogP contribution in [0.2, 0.25) is 10.0 Å². The molecule has 1 aliphatic heterocycles. The molecule has 1 aromatic carbocycles. The Kier molecular flexibility index (Phi) is 5.03. The summed E-state index contributed by atoms with van der Waals surface area (Å²) < 4.78 is 0. The lowest BCUT2D eigenvalue weighted by atomic mass is 10.1. The van der Waals surface area contributed by atoms with Gasteiger partial charge in [-0.25, -0.2) is 0 Å². The third-order valence-electron chi connectivity index (χ3n) is 3.71. The third kappa shape index (κ3) is 3.53. The number of hydrogen-bond acceptors (Lipinski definition) is 5. The first-order valence-corrected chi connectivity index (χ1v) is 8.93. The van der Waals surface area contributed by atoms with Gasteiger partial charge in [-0.1, -0.05) is 41.5 Å². The van der Waals surface area contributed by atoms with Crippen molar-refractivity contribution in [2.24, 2.45) is 5.92 Å². The molecule has 2 heterocycles. The maximum absolute atomic E-state index is 12.4. The highest BCUT2D eigenvalue weighted by Gasteiger charge is 2.35. The highest BCUT2D eigenvalue weighted by atomic mass is 35.5. The Morgan fingerprint density at radius 1 is 1.38 bits per heavy atom. The van der Waals surface area contributed by atoms with Gasteiger partial charge in [-0.2, -0.15) is 0 Å². The summed E-state index contributed by atoms with van der Waals surface area (Å²) in [5, 5.41) is 12.7. The van der Waals surface area contributed by atoms with Gasteiger partial charge < -0.3 is 10.2 Å². The van der Waals surface area contributed by atoms with Crippen molar-refractivity contribution >= 4 is 57.2 Å². The number of rotatable bonds is 4. The molecular weight excluding hydrogens is 371 g/mol. The first-order chi connectivity index (χ1) is 11.5. The van der Waals surface area contributed by atoms with Crippen molar-refractivity contribution in [1.29, 1.82) is 0 Å². The number of aryl methyl sites for hydroxylation is 1. The maximum Gasteiger partial charge on any atom is 0.231 e. The molecule has 0 saturated carbocycles. The van der Waals surface area contributed by atoms with E-state index in [9.17, 15) is 9.59 Å². The summed E-state index contributed by atoms with van der Waals surface area (Å²) in [6.45, 7) is 2.26. The number of carbonyl (C=O) groups is 2. The number of benzene rings is 1. The molecule has 2 amide bonds. The molecule has 0 spiro atoms. The van der Waals surface area contributed by atoms with Crippen LogP contribution >= 0.6 is 34.5 Å². The second-order valence-corrected chi connectivity index (χ2v) is 7.22. The van der Waals surface area contributed by atoms with Gasteiger partial charge in [-0.15, -0.1) is 10.2 Å². The van der Waals surface area contributed by atoms with E-state index in [0.717, 1.165) is 11.4 Å². The third-order valence-corrected chi connectivity index (χ3v) is 5.43. The molecule has 1 N–H and O–H groups in total. The van der Waals surface area contributed by atoms with Crippen LogP contribution in [0.25, 0.3) is 0 Å². The molecule has 1 atom stereocenters. The lowest BCUT2D eigenvalue weighted by Gasteiger charge is -2.17. The topological polar surface area (TPSA) is 75.2 Å².